The number of para-hydroxylation sites is 1. The number of aromatic hydroxyl groups is 1. The molecular formula is C19H24N2O3. The molecule has 0 bridgehead atoms. The van der Waals surface area contributed by atoms with E-state index >= 15 is 0 Å². The average molecular weight is 328 g/mol. The molecule has 0 saturated heterocycles. The van der Waals surface area contributed by atoms with Crippen molar-refractivity contribution >= 4 is 6.21 Å². The summed E-state index contributed by atoms with van der Waals surface area (Å²) in [5.41, 5.74) is 1.71. The SMILES string of the molecule is COc1ccc(O)c(C=NC[C@H](c2ccccc2OC)N(C)C)c1. The highest BCUT2D eigenvalue weighted by atomic mass is 16.5. The lowest BCUT2D eigenvalue weighted by molar-refractivity contribution is 0.295. The highest BCUT2D eigenvalue weighted by Gasteiger charge is 2.17. The highest BCUT2D eigenvalue weighted by molar-refractivity contribution is 5.84. The quantitative estimate of drug-likeness (QED) is 0.794. The predicted molar refractivity (Wildman–Crippen MR) is 96.5 cm³/mol. The van der Waals surface area contributed by atoms with Gasteiger partial charge in [-0.15, -0.1) is 0 Å². The van der Waals surface area contributed by atoms with E-state index in [0.717, 1.165) is 11.3 Å². The number of likely N-dealkylation sites (N-methyl/N-ethyl adjacent to an activating group) is 1. The predicted octanol–water partition coefficient (Wildman–Crippen LogP) is 3.13. The largest absolute Gasteiger partial charge is 0.507 e. The number of rotatable bonds is 7. The number of ether oxygens (including phenoxy) is 2. The maximum absolute atomic E-state index is 9.93. The number of benzene rings is 2. The van der Waals surface area contributed by atoms with Gasteiger partial charge in [0.05, 0.1) is 26.8 Å². The van der Waals surface area contributed by atoms with Crippen molar-refractivity contribution in [2.45, 2.75) is 6.04 Å². The van der Waals surface area contributed by atoms with Gasteiger partial charge in [0.15, 0.2) is 0 Å². The molecule has 0 unspecified atom stereocenters. The Morgan fingerprint density at radius 2 is 1.88 bits per heavy atom. The van der Waals surface area contributed by atoms with Gasteiger partial charge in [-0.1, -0.05) is 18.2 Å². The molecule has 2 aromatic rings. The minimum absolute atomic E-state index is 0.0742. The molecule has 0 heterocycles. The Labute approximate surface area is 143 Å². The Morgan fingerprint density at radius 3 is 2.54 bits per heavy atom. The molecule has 0 aliphatic carbocycles. The van der Waals surface area contributed by atoms with Gasteiger partial charge in [-0.3, -0.25) is 4.99 Å². The van der Waals surface area contributed by atoms with Crippen LogP contribution >= 0.6 is 0 Å². The van der Waals surface area contributed by atoms with Gasteiger partial charge in [0.1, 0.15) is 17.2 Å². The lowest BCUT2D eigenvalue weighted by Crippen LogP contribution is -2.23. The van der Waals surface area contributed by atoms with Crippen LogP contribution in [0.1, 0.15) is 17.2 Å². The fraction of sp³-hybridized carbons (Fsp3) is 0.316. The summed E-state index contributed by atoms with van der Waals surface area (Å²) in [6, 6.07) is 13.1. The summed E-state index contributed by atoms with van der Waals surface area (Å²) in [6.45, 7) is 0.546. The molecule has 1 atom stereocenters. The molecule has 0 amide bonds. The number of aliphatic imine (C=N–C) groups is 1. The van der Waals surface area contributed by atoms with Crippen LogP contribution < -0.4 is 9.47 Å². The summed E-state index contributed by atoms with van der Waals surface area (Å²) in [6.07, 6.45) is 1.67. The summed E-state index contributed by atoms with van der Waals surface area (Å²) in [7, 11) is 7.28. The van der Waals surface area contributed by atoms with Crippen LogP contribution in [-0.2, 0) is 0 Å². The van der Waals surface area contributed by atoms with Gasteiger partial charge in [-0.25, -0.2) is 0 Å². The molecule has 0 aliphatic rings. The second kappa shape index (κ2) is 8.36. The Kier molecular flexibility index (Phi) is 6.21. The van der Waals surface area contributed by atoms with Gasteiger partial charge in [-0.05, 0) is 38.4 Å². The summed E-state index contributed by atoms with van der Waals surface area (Å²) in [4.78, 5) is 6.61. The lowest BCUT2D eigenvalue weighted by Gasteiger charge is -2.24. The standard InChI is InChI=1S/C19H24N2O3/c1-21(2)17(16-7-5-6-8-19(16)24-4)13-20-12-14-11-15(23-3)9-10-18(14)22/h5-12,17,22H,13H2,1-4H3/t17-/m1/s1. The van der Waals surface area contributed by atoms with Crippen molar-refractivity contribution < 1.29 is 14.6 Å². The molecule has 5 nitrogen and oxygen atoms in total. The van der Waals surface area contributed by atoms with Crippen molar-refractivity contribution in [1.82, 2.24) is 4.90 Å². The number of nitrogens with zero attached hydrogens (tertiary/aromatic N) is 2. The number of phenolic OH excluding ortho intramolecular Hbond substituents is 1. The van der Waals surface area contributed by atoms with E-state index in [1.165, 1.54) is 0 Å². The lowest BCUT2D eigenvalue weighted by atomic mass is 10.0. The summed E-state index contributed by atoms with van der Waals surface area (Å²) in [5, 5.41) is 9.93. The van der Waals surface area contributed by atoms with Gasteiger partial charge < -0.3 is 19.5 Å². The van der Waals surface area contributed by atoms with Crippen LogP contribution in [0.15, 0.2) is 47.5 Å². The average Bonchev–Trinajstić information content (AvgIpc) is 2.60. The molecular weight excluding hydrogens is 304 g/mol. The molecule has 2 aromatic carbocycles. The molecule has 0 aromatic heterocycles. The van der Waals surface area contributed by atoms with E-state index < -0.39 is 0 Å². The molecule has 2 rings (SSSR count). The maximum Gasteiger partial charge on any atom is 0.124 e. The molecule has 0 saturated carbocycles. The number of methoxy groups -OCH3 is 2. The van der Waals surface area contributed by atoms with Gasteiger partial charge in [0, 0.05) is 17.3 Å². The maximum atomic E-state index is 9.93. The van der Waals surface area contributed by atoms with Crippen LogP contribution in [0.4, 0.5) is 0 Å². The molecule has 128 valence electrons. The second-order valence-corrected chi connectivity index (χ2v) is 5.64. The van der Waals surface area contributed by atoms with E-state index in [9.17, 15) is 5.11 Å². The van der Waals surface area contributed by atoms with Gasteiger partial charge in [-0.2, -0.15) is 0 Å². The normalized spacial score (nSPS) is 12.5. The molecule has 0 spiro atoms. The first-order chi connectivity index (χ1) is 11.6. The fourth-order valence-electron chi connectivity index (χ4n) is 2.50. The van der Waals surface area contributed by atoms with Crippen molar-refractivity contribution in [3.05, 3.63) is 53.6 Å². The Hall–Kier alpha value is -2.53. The van der Waals surface area contributed by atoms with E-state index in [0.29, 0.717) is 17.9 Å². The zero-order chi connectivity index (χ0) is 17.5. The topological polar surface area (TPSA) is 54.3 Å². The third kappa shape index (κ3) is 4.26. The minimum Gasteiger partial charge on any atom is -0.507 e. The first-order valence-corrected chi connectivity index (χ1v) is 7.73. The third-order valence-electron chi connectivity index (χ3n) is 3.86. The Balaban J connectivity index is 2.20. The summed E-state index contributed by atoms with van der Waals surface area (Å²) in [5.74, 6) is 1.71. The Bertz CT molecular complexity index is 699. The van der Waals surface area contributed by atoms with E-state index in [1.54, 1.807) is 38.6 Å². The van der Waals surface area contributed by atoms with Crippen LogP contribution in [0, 0.1) is 0 Å². The Morgan fingerprint density at radius 1 is 1.12 bits per heavy atom. The smallest absolute Gasteiger partial charge is 0.124 e. The fourth-order valence-corrected chi connectivity index (χ4v) is 2.50. The second-order valence-electron chi connectivity index (χ2n) is 5.64. The first-order valence-electron chi connectivity index (χ1n) is 7.73. The van der Waals surface area contributed by atoms with Crippen molar-refractivity contribution in [1.29, 1.82) is 0 Å². The molecule has 5 heteroatoms. The number of hydrogen-bond donors (Lipinski definition) is 1. The van der Waals surface area contributed by atoms with Crippen LogP contribution in [0.2, 0.25) is 0 Å². The monoisotopic (exact) mass is 328 g/mol. The first kappa shape index (κ1) is 17.8. The summed E-state index contributed by atoms with van der Waals surface area (Å²) < 4.78 is 10.6. The molecule has 0 fully saturated rings. The van der Waals surface area contributed by atoms with Gasteiger partial charge in [0.2, 0.25) is 0 Å². The van der Waals surface area contributed by atoms with Crippen LogP contribution in [-0.4, -0.2) is 51.1 Å². The van der Waals surface area contributed by atoms with Crippen molar-refractivity contribution in [2.24, 2.45) is 4.99 Å². The third-order valence-corrected chi connectivity index (χ3v) is 3.86. The minimum atomic E-state index is 0.0742. The number of hydrogen-bond acceptors (Lipinski definition) is 5. The highest BCUT2D eigenvalue weighted by Crippen LogP contribution is 2.28. The molecule has 0 aliphatic heterocycles. The molecule has 1 N–H and O–H groups in total. The van der Waals surface area contributed by atoms with Crippen molar-refractivity contribution in [3.8, 4) is 17.2 Å². The van der Waals surface area contributed by atoms with Crippen molar-refractivity contribution in [2.75, 3.05) is 34.9 Å². The number of phenols is 1. The summed E-state index contributed by atoms with van der Waals surface area (Å²) >= 11 is 0. The van der Waals surface area contributed by atoms with E-state index in [1.807, 2.05) is 38.4 Å². The van der Waals surface area contributed by atoms with Gasteiger partial charge >= 0.3 is 0 Å². The molecule has 0 radical (unpaired) electrons. The van der Waals surface area contributed by atoms with Gasteiger partial charge in [0.25, 0.3) is 0 Å². The van der Waals surface area contributed by atoms with Crippen LogP contribution in [0.25, 0.3) is 0 Å². The van der Waals surface area contributed by atoms with Crippen LogP contribution in [0.3, 0.4) is 0 Å². The zero-order valence-electron chi connectivity index (χ0n) is 14.6. The molecule has 24 heavy (non-hydrogen) atoms. The van der Waals surface area contributed by atoms with E-state index in [2.05, 4.69) is 9.89 Å². The zero-order valence-corrected chi connectivity index (χ0v) is 14.6. The van der Waals surface area contributed by atoms with Crippen molar-refractivity contribution in [3.63, 3.8) is 0 Å². The van der Waals surface area contributed by atoms with Crippen LogP contribution in [0.5, 0.6) is 17.2 Å². The van der Waals surface area contributed by atoms with E-state index in [-0.39, 0.29) is 11.8 Å². The van der Waals surface area contributed by atoms with E-state index in [4.69, 9.17) is 9.47 Å².